The molecule has 0 bridgehead atoms. The van der Waals surface area contributed by atoms with Crippen LogP contribution in [0.4, 0.5) is 10.5 Å². The van der Waals surface area contributed by atoms with Crippen molar-refractivity contribution < 1.29 is 19.1 Å². The topological polar surface area (TPSA) is 117 Å². The van der Waals surface area contributed by atoms with E-state index in [0.717, 1.165) is 46.5 Å². The number of benzene rings is 1. The summed E-state index contributed by atoms with van der Waals surface area (Å²) in [5.74, 6) is 0.238. The number of carbonyl (C=O) groups is 2. The van der Waals surface area contributed by atoms with E-state index in [1.54, 1.807) is 19.4 Å². The lowest BCUT2D eigenvalue weighted by molar-refractivity contribution is -0.00252. The van der Waals surface area contributed by atoms with Crippen molar-refractivity contribution in [2.75, 3.05) is 18.6 Å². The zero-order valence-electron chi connectivity index (χ0n) is 28.9. The maximum Gasteiger partial charge on any atom is 0.410 e. The molecule has 10 nitrogen and oxygen atoms in total. The van der Waals surface area contributed by atoms with Crippen molar-refractivity contribution in [2.45, 2.75) is 105 Å². The zero-order valence-corrected chi connectivity index (χ0v) is 28.9. The van der Waals surface area contributed by atoms with Crippen LogP contribution in [0.2, 0.25) is 0 Å². The van der Waals surface area contributed by atoms with Crippen LogP contribution in [0.3, 0.4) is 0 Å². The number of aromatic amines is 1. The Morgan fingerprint density at radius 3 is 2.28 bits per heavy atom. The third-order valence-corrected chi connectivity index (χ3v) is 8.69. The highest BCUT2D eigenvalue weighted by Crippen LogP contribution is 2.36. The number of hydrogen-bond donors (Lipinski definition) is 2. The first-order valence-corrected chi connectivity index (χ1v) is 16.0. The number of methoxy groups -OCH3 is 1. The highest BCUT2D eigenvalue weighted by molar-refractivity contribution is 5.99. The highest BCUT2D eigenvalue weighted by atomic mass is 16.6. The molecule has 2 atom stereocenters. The van der Waals surface area contributed by atoms with Crippen LogP contribution in [0.1, 0.15) is 87.1 Å². The zero-order chi connectivity index (χ0) is 33.9. The molecule has 46 heavy (non-hydrogen) atoms. The Morgan fingerprint density at radius 1 is 1.07 bits per heavy atom. The molecular weight excluding hydrogens is 582 g/mol. The number of amides is 2. The average molecular weight is 632 g/mol. The van der Waals surface area contributed by atoms with E-state index in [0.29, 0.717) is 23.6 Å². The van der Waals surface area contributed by atoms with Gasteiger partial charge in [-0.05, 0) is 116 Å². The number of nitrogens with one attached hydrogen (secondary N) is 2. The van der Waals surface area contributed by atoms with Crippen LogP contribution in [0.5, 0.6) is 5.88 Å². The molecule has 2 N–H and O–H groups in total. The lowest BCUT2D eigenvalue weighted by atomic mass is 9.90. The quantitative estimate of drug-likeness (QED) is 0.300. The summed E-state index contributed by atoms with van der Waals surface area (Å²) in [6.07, 6.45) is 2.95. The van der Waals surface area contributed by atoms with Crippen LogP contribution < -0.4 is 20.5 Å². The van der Waals surface area contributed by atoms with Gasteiger partial charge in [-0.15, -0.1) is 0 Å². The summed E-state index contributed by atoms with van der Waals surface area (Å²) >= 11 is 0. The van der Waals surface area contributed by atoms with E-state index in [4.69, 9.17) is 9.47 Å². The number of nitrogens with zero attached hydrogens (tertiary/aromatic N) is 3. The number of rotatable bonds is 8. The molecule has 3 aromatic rings. The van der Waals surface area contributed by atoms with Crippen LogP contribution >= 0.6 is 0 Å². The minimum Gasteiger partial charge on any atom is -0.481 e. The molecule has 3 heterocycles. The first kappa shape index (κ1) is 34.5. The molecule has 248 valence electrons. The molecular formula is C36H49N5O5. The largest absolute Gasteiger partial charge is 0.481 e. The molecule has 1 aromatic carbocycles. The summed E-state index contributed by atoms with van der Waals surface area (Å²) < 4.78 is 11.0. The number of anilines is 1. The summed E-state index contributed by atoms with van der Waals surface area (Å²) in [7, 11) is 1.57. The number of H-pyrrole nitrogens is 1. The Bertz CT molecular complexity index is 1610. The van der Waals surface area contributed by atoms with E-state index >= 15 is 0 Å². The molecule has 0 radical (unpaired) electrons. The molecule has 1 fully saturated rings. The van der Waals surface area contributed by atoms with Gasteiger partial charge in [0.2, 0.25) is 5.88 Å². The summed E-state index contributed by atoms with van der Waals surface area (Å²) in [5, 5.41) is 3.00. The standard InChI is InChI=1S/C36H49N5O5/c1-11-40(28-15-23(4)41(24(5)16-28)35(44)46-36(7,8)9)31-18-27(26-12-13-32(45-10)37-19-26)17-29(25(31)6)33(42)38-20-30-21(2)14-22(3)39-34(30)43/h12-14,17-19,23-24,28H,11,15-16,20H2,1-10H3,(H,38,42)(H,39,43)/t23-,24-/m1/s1. The predicted molar refractivity (Wildman–Crippen MR) is 182 cm³/mol. The van der Waals surface area contributed by atoms with E-state index in [2.05, 4.69) is 47.0 Å². The van der Waals surface area contributed by atoms with Crippen LogP contribution in [0.15, 0.2) is 41.3 Å². The number of piperidine rings is 1. The molecule has 1 saturated heterocycles. The molecule has 0 spiro atoms. The molecule has 1 aliphatic rings. The number of aryl methyl sites for hydroxylation is 2. The lowest BCUT2D eigenvalue weighted by Gasteiger charge is -2.47. The summed E-state index contributed by atoms with van der Waals surface area (Å²) in [6.45, 7) is 18.4. The van der Waals surface area contributed by atoms with Gasteiger partial charge in [-0.3, -0.25) is 9.59 Å². The summed E-state index contributed by atoms with van der Waals surface area (Å²) in [4.78, 5) is 51.0. The van der Waals surface area contributed by atoms with Crippen molar-refractivity contribution in [3.8, 4) is 17.0 Å². The van der Waals surface area contributed by atoms with Gasteiger partial charge in [0.25, 0.3) is 11.5 Å². The van der Waals surface area contributed by atoms with Gasteiger partial charge in [-0.1, -0.05) is 0 Å². The maximum absolute atomic E-state index is 13.9. The molecule has 2 amide bonds. The van der Waals surface area contributed by atoms with Crippen LogP contribution in [-0.4, -0.2) is 64.2 Å². The Balaban J connectivity index is 1.71. The van der Waals surface area contributed by atoms with Gasteiger partial charge < -0.3 is 29.6 Å². The third kappa shape index (κ3) is 7.71. The van der Waals surface area contributed by atoms with Gasteiger partial charge in [0.1, 0.15) is 5.60 Å². The van der Waals surface area contributed by atoms with Gasteiger partial charge >= 0.3 is 6.09 Å². The van der Waals surface area contributed by atoms with Gasteiger partial charge in [0, 0.05) is 71.5 Å². The second-order valence-corrected chi connectivity index (χ2v) is 13.4. The molecule has 10 heteroatoms. The monoisotopic (exact) mass is 631 g/mol. The number of aromatic nitrogens is 2. The smallest absolute Gasteiger partial charge is 0.410 e. The van der Waals surface area contributed by atoms with E-state index < -0.39 is 5.60 Å². The molecule has 0 unspecified atom stereocenters. The van der Waals surface area contributed by atoms with E-state index in [9.17, 15) is 14.4 Å². The molecule has 0 aliphatic carbocycles. The Morgan fingerprint density at radius 2 is 1.74 bits per heavy atom. The number of carbonyl (C=O) groups excluding carboxylic acids is 2. The number of hydrogen-bond acceptors (Lipinski definition) is 7. The minimum atomic E-state index is -0.570. The van der Waals surface area contributed by atoms with Gasteiger partial charge in [-0.2, -0.15) is 0 Å². The Hall–Kier alpha value is -4.34. The highest BCUT2D eigenvalue weighted by Gasteiger charge is 2.38. The fourth-order valence-corrected chi connectivity index (χ4v) is 6.54. The number of ether oxygens (including phenoxy) is 2. The van der Waals surface area contributed by atoms with Crippen molar-refractivity contribution in [1.82, 2.24) is 20.2 Å². The predicted octanol–water partition coefficient (Wildman–Crippen LogP) is 6.30. The van der Waals surface area contributed by atoms with Crippen LogP contribution in [-0.2, 0) is 11.3 Å². The van der Waals surface area contributed by atoms with E-state index in [-0.39, 0.29) is 42.2 Å². The second kappa shape index (κ2) is 14.0. The second-order valence-electron chi connectivity index (χ2n) is 13.4. The Labute approximate surface area is 272 Å². The Kier molecular flexibility index (Phi) is 10.5. The summed E-state index contributed by atoms with van der Waals surface area (Å²) in [6, 6.07) is 9.68. The third-order valence-electron chi connectivity index (χ3n) is 8.69. The van der Waals surface area contributed by atoms with Gasteiger partial charge in [0.05, 0.1) is 7.11 Å². The normalized spacial score (nSPS) is 18.2. The fraction of sp³-hybridized carbons (Fsp3) is 0.500. The van der Waals surface area contributed by atoms with Crippen molar-refractivity contribution in [3.05, 3.63) is 74.8 Å². The van der Waals surface area contributed by atoms with Crippen LogP contribution in [0.25, 0.3) is 11.1 Å². The average Bonchev–Trinajstić information content (AvgIpc) is 2.96. The van der Waals surface area contributed by atoms with Crippen LogP contribution in [0, 0.1) is 20.8 Å². The molecule has 2 aromatic heterocycles. The minimum absolute atomic E-state index is 0.0365. The van der Waals surface area contributed by atoms with E-state index in [1.165, 1.54) is 0 Å². The van der Waals surface area contributed by atoms with Crippen molar-refractivity contribution in [1.29, 1.82) is 0 Å². The van der Waals surface area contributed by atoms with Crippen molar-refractivity contribution in [2.24, 2.45) is 0 Å². The molecule has 4 rings (SSSR count). The van der Waals surface area contributed by atoms with Gasteiger partial charge in [0.15, 0.2) is 0 Å². The van der Waals surface area contributed by atoms with Crippen molar-refractivity contribution in [3.63, 3.8) is 0 Å². The lowest BCUT2D eigenvalue weighted by Crippen LogP contribution is -2.56. The SMILES string of the molecule is CCN(c1cc(-c2ccc(OC)nc2)cc(C(=O)NCc2c(C)cc(C)[nH]c2=O)c1C)C1C[C@@H](C)N(C(=O)OC(C)(C)C)[C@H](C)C1. The first-order valence-electron chi connectivity index (χ1n) is 16.0. The summed E-state index contributed by atoms with van der Waals surface area (Å²) in [5.41, 5.74) is 5.36. The van der Waals surface area contributed by atoms with Crippen molar-refractivity contribution >= 4 is 17.7 Å². The fourth-order valence-electron chi connectivity index (χ4n) is 6.54. The first-order chi connectivity index (χ1) is 21.6. The molecule has 0 saturated carbocycles. The molecule has 1 aliphatic heterocycles. The number of likely N-dealkylation sites (tertiary alicyclic amines) is 1. The maximum atomic E-state index is 13.9. The van der Waals surface area contributed by atoms with E-state index in [1.807, 2.05) is 64.6 Å². The van der Waals surface area contributed by atoms with Gasteiger partial charge in [-0.25, -0.2) is 9.78 Å². The number of pyridine rings is 2.